The van der Waals surface area contributed by atoms with Gasteiger partial charge in [-0.05, 0) is 19.8 Å². The minimum atomic E-state index is -1.53. The maximum absolute atomic E-state index is 12.2. The second kappa shape index (κ2) is 10.6. The van der Waals surface area contributed by atoms with Crippen molar-refractivity contribution >= 4 is 41.4 Å². The van der Waals surface area contributed by atoms with Crippen LogP contribution in [-0.2, 0) is 38.4 Å². The summed E-state index contributed by atoms with van der Waals surface area (Å²) in [4.78, 5) is 86.4. The maximum atomic E-state index is 12.2. The molecule has 0 radical (unpaired) electrons. The van der Waals surface area contributed by atoms with Gasteiger partial charge in [-0.2, -0.15) is 0 Å². The number of nitrogens with zero attached hydrogens (tertiary/aromatic N) is 1. The van der Waals surface area contributed by atoms with Crippen LogP contribution in [0.5, 0.6) is 0 Å². The zero-order chi connectivity index (χ0) is 23.0. The minimum absolute atomic E-state index is 0.0817. The van der Waals surface area contributed by atoms with Crippen molar-refractivity contribution in [2.45, 2.75) is 51.9 Å². The fourth-order valence-electron chi connectivity index (χ4n) is 2.13. The molecule has 3 atom stereocenters. The topological polar surface area (TPSA) is 180 Å². The second-order valence-corrected chi connectivity index (χ2v) is 6.20. The number of carbonyl (C=O) groups excluding carboxylic acids is 7. The van der Waals surface area contributed by atoms with E-state index in [1.165, 1.54) is 13.8 Å². The van der Waals surface area contributed by atoms with Crippen LogP contribution >= 0.6 is 0 Å². The van der Waals surface area contributed by atoms with Crippen molar-refractivity contribution in [3.8, 4) is 12.3 Å². The zero-order valence-electron chi connectivity index (χ0n) is 16.4. The molecular weight excluding hydrogens is 402 g/mol. The van der Waals surface area contributed by atoms with Crippen LogP contribution in [0.1, 0.15) is 33.6 Å². The van der Waals surface area contributed by atoms with Crippen molar-refractivity contribution in [2.24, 2.45) is 0 Å². The molecule has 1 fully saturated rings. The van der Waals surface area contributed by atoms with Gasteiger partial charge in [-0.1, -0.05) is 0 Å². The quantitative estimate of drug-likeness (QED) is 0.179. The number of terminal acetylenes is 1. The Kier molecular flexibility index (Phi) is 8.48. The largest absolute Gasteiger partial charge is 0.354 e. The lowest BCUT2D eigenvalue weighted by Crippen LogP contribution is -2.59. The van der Waals surface area contributed by atoms with E-state index in [1.54, 1.807) is 5.92 Å². The zero-order valence-corrected chi connectivity index (χ0v) is 16.4. The Morgan fingerprint density at radius 1 is 0.933 bits per heavy atom. The first-order chi connectivity index (χ1) is 14.0. The summed E-state index contributed by atoms with van der Waals surface area (Å²) in [5, 5.41) is 9.00. The van der Waals surface area contributed by atoms with Crippen molar-refractivity contribution in [1.29, 1.82) is 0 Å². The molecule has 1 heterocycles. The van der Waals surface area contributed by atoms with E-state index in [9.17, 15) is 33.6 Å². The van der Waals surface area contributed by atoms with Crippen LogP contribution in [0.2, 0.25) is 0 Å². The Morgan fingerprint density at radius 3 is 1.97 bits per heavy atom. The van der Waals surface area contributed by atoms with Gasteiger partial charge in [0.05, 0.1) is 0 Å². The van der Waals surface area contributed by atoms with Crippen LogP contribution < -0.4 is 21.3 Å². The third-order valence-corrected chi connectivity index (χ3v) is 3.67. The van der Waals surface area contributed by atoms with Gasteiger partial charge in [-0.3, -0.25) is 28.8 Å². The second-order valence-electron chi connectivity index (χ2n) is 6.20. The Balaban J connectivity index is 2.64. The molecule has 0 aromatic carbocycles. The van der Waals surface area contributed by atoms with Crippen LogP contribution in [0.15, 0.2) is 0 Å². The number of carbonyl (C=O) groups is 7. The SMILES string of the molecule is C#CC(=O)NC(NC(C)=O)C(=O)N[C@@H](C)C(=O)N[C@@H](C)C(=O)ON1C(=O)CCC1=O. The molecule has 162 valence electrons. The number of nitrogens with one attached hydrogen (secondary N) is 4. The predicted molar refractivity (Wildman–Crippen MR) is 97.0 cm³/mol. The van der Waals surface area contributed by atoms with Crippen LogP contribution in [0.4, 0.5) is 0 Å². The fourth-order valence-corrected chi connectivity index (χ4v) is 2.13. The first kappa shape index (κ1) is 24.1. The molecule has 1 saturated heterocycles. The number of hydrogen-bond acceptors (Lipinski definition) is 8. The van der Waals surface area contributed by atoms with Crippen LogP contribution in [0, 0.1) is 12.3 Å². The van der Waals surface area contributed by atoms with Crippen LogP contribution in [-0.4, -0.2) is 64.7 Å². The van der Waals surface area contributed by atoms with Crippen molar-refractivity contribution in [3.63, 3.8) is 0 Å². The van der Waals surface area contributed by atoms with E-state index in [-0.39, 0.29) is 12.8 Å². The first-order valence-electron chi connectivity index (χ1n) is 8.68. The van der Waals surface area contributed by atoms with E-state index in [4.69, 9.17) is 6.42 Å². The van der Waals surface area contributed by atoms with Crippen molar-refractivity contribution in [3.05, 3.63) is 0 Å². The summed E-state index contributed by atoms with van der Waals surface area (Å²) in [6.07, 6.45) is 3.20. The summed E-state index contributed by atoms with van der Waals surface area (Å²) in [5.41, 5.74) is 0. The van der Waals surface area contributed by atoms with Gasteiger partial charge in [0.2, 0.25) is 11.8 Å². The molecule has 30 heavy (non-hydrogen) atoms. The normalized spacial score (nSPS) is 15.9. The molecule has 0 aliphatic carbocycles. The van der Waals surface area contributed by atoms with Gasteiger partial charge in [0.15, 0.2) is 6.17 Å². The highest BCUT2D eigenvalue weighted by molar-refractivity contribution is 6.02. The lowest BCUT2D eigenvalue weighted by molar-refractivity contribution is -0.198. The van der Waals surface area contributed by atoms with Gasteiger partial charge in [0, 0.05) is 19.8 Å². The Labute approximate surface area is 171 Å². The highest BCUT2D eigenvalue weighted by atomic mass is 16.7. The highest BCUT2D eigenvalue weighted by Gasteiger charge is 2.34. The molecule has 0 aromatic rings. The van der Waals surface area contributed by atoms with Crippen molar-refractivity contribution in [1.82, 2.24) is 26.3 Å². The molecule has 0 saturated carbocycles. The molecule has 6 amide bonds. The third kappa shape index (κ3) is 6.89. The van der Waals surface area contributed by atoms with Crippen LogP contribution in [0.3, 0.4) is 0 Å². The van der Waals surface area contributed by atoms with E-state index in [1.807, 2.05) is 0 Å². The van der Waals surface area contributed by atoms with E-state index in [0.29, 0.717) is 5.06 Å². The van der Waals surface area contributed by atoms with Gasteiger partial charge in [-0.25, -0.2) is 4.79 Å². The molecular formula is C17H21N5O8. The van der Waals surface area contributed by atoms with Gasteiger partial charge in [0.25, 0.3) is 23.6 Å². The van der Waals surface area contributed by atoms with E-state index in [0.717, 1.165) is 6.92 Å². The summed E-state index contributed by atoms with van der Waals surface area (Å²) < 4.78 is 0. The monoisotopic (exact) mass is 423 g/mol. The molecule has 4 N–H and O–H groups in total. The Morgan fingerprint density at radius 2 is 1.47 bits per heavy atom. The van der Waals surface area contributed by atoms with Gasteiger partial charge in [-0.15, -0.1) is 11.5 Å². The molecule has 0 aromatic heterocycles. The molecule has 13 heteroatoms. The smallest absolute Gasteiger partial charge is 0.341 e. The maximum Gasteiger partial charge on any atom is 0.354 e. The predicted octanol–water partition coefficient (Wildman–Crippen LogP) is -3.19. The molecule has 1 unspecified atom stereocenters. The lowest BCUT2D eigenvalue weighted by atomic mass is 10.2. The lowest BCUT2D eigenvalue weighted by Gasteiger charge is -2.22. The summed E-state index contributed by atoms with van der Waals surface area (Å²) in [6.45, 7) is 3.61. The van der Waals surface area contributed by atoms with Gasteiger partial charge >= 0.3 is 5.97 Å². The highest BCUT2D eigenvalue weighted by Crippen LogP contribution is 2.12. The molecule has 0 spiro atoms. The first-order valence-corrected chi connectivity index (χ1v) is 8.68. The fraction of sp³-hybridized carbons (Fsp3) is 0.471. The van der Waals surface area contributed by atoms with Gasteiger partial charge < -0.3 is 26.1 Å². The molecule has 13 nitrogen and oxygen atoms in total. The Bertz CT molecular complexity index is 801. The molecule has 1 aliphatic rings. The average molecular weight is 423 g/mol. The minimum Gasteiger partial charge on any atom is -0.341 e. The van der Waals surface area contributed by atoms with Crippen LogP contribution in [0.25, 0.3) is 0 Å². The average Bonchev–Trinajstić information content (AvgIpc) is 2.98. The third-order valence-electron chi connectivity index (χ3n) is 3.67. The number of hydrogen-bond donors (Lipinski definition) is 4. The molecule has 1 aliphatic heterocycles. The summed E-state index contributed by atoms with van der Waals surface area (Å²) in [7, 11) is 0. The van der Waals surface area contributed by atoms with E-state index >= 15 is 0 Å². The standard InChI is InChI=1S/C17H21N5O8/c1-5-11(24)21-14(20-10(4)23)16(28)18-8(2)15(27)19-9(3)17(29)30-22-12(25)6-7-13(22)26/h1,8-9,14H,6-7H2,2-4H3,(H,18,28)(H,19,27)(H,20,23)(H,21,24)/t8-,9-,14?/m0/s1. The number of imide groups is 1. The summed E-state index contributed by atoms with van der Waals surface area (Å²) in [6, 6.07) is -2.47. The van der Waals surface area contributed by atoms with E-state index < -0.39 is 59.7 Å². The molecule has 0 bridgehead atoms. The number of amides is 6. The summed E-state index contributed by atoms with van der Waals surface area (Å²) in [5.74, 6) is -4.09. The number of hydroxylamine groups is 2. The molecule has 1 rings (SSSR count). The Hall–Kier alpha value is -3.95. The van der Waals surface area contributed by atoms with E-state index in [2.05, 4.69) is 26.1 Å². The summed E-state index contributed by atoms with van der Waals surface area (Å²) >= 11 is 0. The van der Waals surface area contributed by atoms with Gasteiger partial charge in [0.1, 0.15) is 12.1 Å². The van der Waals surface area contributed by atoms with Crippen molar-refractivity contribution in [2.75, 3.05) is 0 Å². The van der Waals surface area contributed by atoms with Crippen molar-refractivity contribution < 1.29 is 38.4 Å². The number of rotatable bonds is 8.